The summed E-state index contributed by atoms with van der Waals surface area (Å²) < 4.78 is 0. The van der Waals surface area contributed by atoms with Crippen molar-refractivity contribution in [3.05, 3.63) is 35.4 Å². The Morgan fingerprint density at radius 2 is 2.00 bits per heavy atom. The van der Waals surface area contributed by atoms with Crippen LogP contribution in [-0.4, -0.2) is 31.4 Å². The topological polar surface area (TPSA) is 32.3 Å². The smallest absolute Gasteiger partial charge is 0.226 e. The third kappa shape index (κ3) is 4.67. The molecule has 102 valence electrons. The van der Waals surface area contributed by atoms with Crippen LogP contribution in [-0.2, 0) is 11.3 Å². The molecule has 1 aromatic rings. The van der Waals surface area contributed by atoms with Gasteiger partial charge in [-0.1, -0.05) is 31.2 Å². The molecule has 0 aliphatic heterocycles. The van der Waals surface area contributed by atoms with E-state index in [9.17, 15) is 4.79 Å². The summed E-state index contributed by atoms with van der Waals surface area (Å²) >= 11 is 0. The maximum Gasteiger partial charge on any atom is 0.226 e. The fraction of sp³-hybridized carbons (Fsp3) is 0.500. The van der Waals surface area contributed by atoms with Crippen LogP contribution in [0.3, 0.4) is 0 Å². The van der Waals surface area contributed by atoms with Gasteiger partial charge >= 0.3 is 0 Å². The molecule has 1 atom stereocenters. The summed E-state index contributed by atoms with van der Waals surface area (Å²) in [5, 5.41) is 3.03. The summed E-state index contributed by atoms with van der Waals surface area (Å²) in [5.74, 6) is 0.205. The van der Waals surface area contributed by atoms with Gasteiger partial charge in [0.15, 0.2) is 0 Å². The highest BCUT2D eigenvalue weighted by molar-refractivity contribution is 5.85. The van der Waals surface area contributed by atoms with E-state index < -0.39 is 0 Å². The zero-order valence-corrected chi connectivity index (χ0v) is 12.4. The minimum atomic E-state index is 0. The zero-order valence-electron chi connectivity index (χ0n) is 11.6. The second kappa shape index (κ2) is 8.11. The van der Waals surface area contributed by atoms with E-state index in [2.05, 4.69) is 24.4 Å². The van der Waals surface area contributed by atoms with Gasteiger partial charge in [0.1, 0.15) is 0 Å². The summed E-state index contributed by atoms with van der Waals surface area (Å²) in [4.78, 5) is 13.8. The Morgan fingerprint density at radius 3 is 2.56 bits per heavy atom. The van der Waals surface area contributed by atoms with E-state index in [1.54, 1.807) is 4.90 Å². The molecule has 1 unspecified atom stereocenters. The second-order valence-electron chi connectivity index (χ2n) is 4.58. The fourth-order valence-corrected chi connectivity index (χ4v) is 1.89. The Hall–Kier alpha value is -1.06. The second-order valence-corrected chi connectivity index (χ2v) is 4.58. The van der Waals surface area contributed by atoms with Gasteiger partial charge in [0.05, 0.1) is 0 Å². The number of nitrogens with zero attached hydrogens (tertiary/aromatic N) is 1. The number of hydrogen-bond acceptors (Lipinski definition) is 2. The van der Waals surface area contributed by atoms with E-state index in [0.717, 1.165) is 6.54 Å². The SMILES string of the molecule is CNCC(C)C(=O)N(C)Cc1ccccc1C.Cl. The van der Waals surface area contributed by atoms with Gasteiger partial charge in [-0.15, -0.1) is 12.4 Å². The minimum absolute atomic E-state index is 0. The maximum absolute atomic E-state index is 12.0. The predicted molar refractivity (Wildman–Crippen MR) is 78.0 cm³/mol. The monoisotopic (exact) mass is 270 g/mol. The van der Waals surface area contributed by atoms with Gasteiger partial charge in [0.25, 0.3) is 0 Å². The van der Waals surface area contributed by atoms with Crippen LogP contribution in [0.2, 0.25) is 0 Å². The molecule has 0 spiro atoms. The highest BCUT2D eigenvalue weighted by Gasteiger charge is 2.16. The van der Waals surface area contributed by atoms with Crippen LogP contribution < -0.4 is 5.32 Å². The van der Waals surface area contributed by atoms with E-state index >= 15 is 0 Å². The number of halogens is 1. The van der Waals surface area contributed by atoms with Crippen molar-refractivity contribution in [2.24, 2.45) is 5.92 Å². The Morgan fingerprint density at radius 1 is 1.39 bits per heavy atom. The third-order valence-corrected chi connectivity index (χ3v) is 2.98. The molecule has 0 heterocycles. The number of amides is 1. The highest BCUT2D eigenvalue weighted by Crippen LogP contribution is 2.11. The quantitative estimate of drug-likeness (QED) is 0.890. The molecule has 0 radical (unpaired) electrons. The molecule has 0 aliphatic carbocycles. The Bertz CT molecular complexity index is 382. The van der Waals surface area contributed by atoms with Crippen molar-refractivity contribution in [1.29, 1.82) is 0 Å². The van der Waals surface area contributed by atoms with Crippen molar-refractivity contribution in [1.82, 2.24) is 10.2 Å². The van der Waals surface area contributed by atoms with Crippen LogP contribution in [0.4, 0.5) is 0 Å². The van der Waals surface area contributed by atoms with Crippen LogP contribution in [0.25, 0.3) is 0 Å². The first kappa shape index (κ1) is 16.9. The van der Waals surface area contributed by atoms with Crippen molar-refractivity contribution in [2.45, 2.75) is 20.4 Å². The van der Waals surface area contributed by atoms with Crippen molar-refractivity contribution in [3.8, 4) is 0 Å². The summed E-state index contributed by atoms with van der Waals surface area (Å²) in [6.07, 6.45) is 0. The first-order valence-electron chi connectivity index (χ1n) is 6.00. The zero-order chi connectivity index (χ0) is 12.8. The number of carbonyl (C=O) groups is 1. The lowest BCUT2D eigenvalue weighted by atomic mass is 10.1. The van der Waals surface area contributed by atoms with Crippen molar-refractivity contribution in [2.75, 3.05) is 20.6 Å². The molecule has 1 rings (SSSR count). The highest BCUT2D eigenvalue weighted by atomic mass is 35.5. The van der Waals surface area contributed by atoms with Crippen molar-refractivity contribution < 1.29 is 4.79 Å². The average molecular weight is 271 g/mol. The largest absolute Gasteiger partial charge is 0.341 e. The normalized spacial score (nSPS) is 11.6. The van der Waals surface area contributed by atoms with Gasteiger partial charge in [-0.2, -0.15) is 0 Å². The van der Waals surface area contributed by atoms with Gasteiger partial charge < -0.3 is 10.2 Å². The van der Waals surface area contributed by atoms with Crippen LogP contribution >= 0.6 is 12.4 Å². The number of nitrogens with one attached hydrogen (secondary N) is 1. The first-order valence-corrected chi connectivity index (χ1v) is 6.00. The molecule has 0 aromatic heterocycles. The van der Waals surface area contributed by atoms with E-state index in [1.165, 1.54) is 11.1 Å². The molecule has 0 fully saturated rings. The van der Waals surface area contributed by atoms with Gasteiger partial charge in [-0.3, -0.25) is 4.79 Å². The van der Waals surface area contributed by atoms with Gasteiger partial charge in [0.2, 0.25) is 5.91 Å². The Labute approximate surface area is 116 Å². The minimum Gasteiger partial charge on any atom is -0.341 e. The Kier molecular flexibility index (Phi) is 7.64. The third-order valence-electron chi connectivity index (χ3n) is 2.98. The molecule has 18 heavy (non-hydrogen) atoms. The van der Waals surface area contributed by atoms with E-state index in [1.807, 2.05) is 33.2 Å². The summed E-state index contributed by atoms with van der Waals surface area (Å²) in [7, 11) is 3.73. The molecule has 1 N–H and O–H groups in total. The lowest BCUT2D eigenvalue weighted by Gasteiger charge is -2.22. The summed E-state index contributed by atoms with van der Waals surface area (Å²) in [6, 6.07) is 8.18. The van der Waals surface area contributed by atoms with E-state index in [-0.39, 0.29) is 24.2 Å². The molecule has 4 heteroatoms. The molecule has 0 bridgehead atoms. The van der Waals surface area contributed by atoms with Gasteiger partial charge in [-0.05, 0) is 25.1 Å². The first-order chi connectivity index (χ1) is 8.06. The summed E-state index contributed by atoms with van der Waals surface area (Å²) in [5.41, 5.74) is 2.44. The number of rotatable bonds is 5. The van der Waals surface area contributed by atoms with Crippen LogP contribution in [0.5, 0.6) is 0 Å². The Balaban J connectivity index is 0.00000289. The maximum atomic E-state index is 12.0. The number of benzene rings is 1. The van der Waals surface area contributed by atoms with Gasteiger partial charge in [0, 0.05) is 26.1 Å². The number of hydrogen-bond donors (Lipinski definition) is 1. The molecular weight excluding hydrogens is 248 g/mol. The molecule has 1 amide bonds. The molecule has 3 nitrogen and oxygen atoms in total. The summed E-state index contributed by atoms with van der Waals surface area (Å²) in [6.45, 7) is 5.42. The van der Waals surface area contributed by atoms with Crippen LogP contribution in [0.1, 0.15) is 18.1 Å². The molecule has 0 saturated heterocycles. The van der Waals surface area contributed by atoms with Crippen molar-refractivity contribution >= 4 is 18.3 Å². The molecular formula is C14H23ClN2O. The van der Waals surface area contributed by atoms with Crippen LogP contribution in [0.15, 0.2) is 24.3 Å². The standard InChI is InChI=1S/C14H22N2O.ClH/c1-11-7-5-6-8-13(11)10-16(4)14(17)12(2)9-15-3;/h5-8,12,15H,9-10H2,1-4H3;1H. The van der Waals surface area contributed by atoms with E-state index in [4.69, 9.17) is 0 Å². The number of carbonyl (C=O) groups excluding carboxylic acids is 1. The van der Waals surface area contributed by atoms with Gasteiger partial charge in [-0.25, -0.2) is 0 Å². The number of aryl methyl sites for hydroxylation is 1. The molecule has 0 saturated carbocycles. The lowest BCUT2D eigenvalue weighted by molar-refractivity contribution is -0.134. The predicted octanol–water partition coefficient (Wildman–Crippen LogP) is 2.23. The molecule has 0 aliphatic rings. The van der Waals surface area contributed by atoms with Crippen LogP contribution in [0, 0.1) is 12.8 Å². The van der Waals surface area contributed by atoms with E-state index in [0.29, 0.717) is 6.54 Å². The fourth-order valence-electron chi connectivity index (χ4n) is 1.89. The van der Waals surface area contributed by atoms with Crippen molar-refractivity contribution in [3.63, 3.8) is 0 Å². The average Bonchev–Trinajstić information content (AvgIpc) is 2.31. The molecule has 1 aromatic carbocycles. The lowest BCUT2D eigenvalue weighted by Crippen LogP contribution is -2.35.